The van der Waals surface area contributed by atoms with Crippen LogP contribution in [-0.2, 0) is 44.8 Å². The van der Waals surface area contributed by atoms with Crippen molar-refractivity contribution in [3.8, 4) is 11.8 Å². The smallest absolute Gasteiger partial charge is 0.366 e. The fourth-order valence-corrected chi connectivity index (χ4v) is 16.1. The first-order valence-corrected chi connectivity index (χ1v) is 24.7. The maximum atomic E-state index is 7.11. The van der Waals surface area contributed by atoms with E-state index in [2.05, 4.69) is 182 Å². The number of benzene rings is 7. The molecular formula is C54H42Au2P2S2+2. The molecule has 2 aromatic heterocycles. The maximum absolute atomic E-state index is 7.11. The van der Waals surface area contributed by atoms with E-state index < -0.39 is 15.8 Å². The van der Waals surface area contributed by atoms with Gasteiger partial charge < -0.3 is 12.8 Å². The van der Waals surface area contributed by atoms with E-state index >= 15 is 0 Å². The quantitative estimate of drug-likeness (QED) is 0.0646. The predicted molar refractivity (Wildman–Crippen MR) is 262 cm³/mol. The van der Waals surface area contributed by atoms with Crippen LogP contribution in [0.2, 0.25) is 0 Å². The van der Waals surface area contributed by atoms with E-state index in [-0.39, 0.29) is 44.8 Å². The molecule has 0 aliphatic heterocycles. The molecule has 0 spiro atoms. The number of rotatable bonds is 7. The molecule has 1 aliphatic carbocycles. The third-order valence-corrected chi connectivity index (χ3v) is 18.8. The average Bonchev–Trinajstić information content (AvgIpc) is 3.87. The van der Waals surface area contributed by atoms with Gasteiger partial charge in [-0.15, -0.1) is 58.1 Å². The molecule has 60 heavy (non-hydrogen) atoms. The van der Waals surface area contributed by atoms with E-state index in [1.165, 1.54) is 76.1 Å². The molecule has 6 heteroatoms. The van der Waals surface area contributed by atoms with Gasteiger partial charge >= 0.3 is 44.8 Å². The SMILES string of the molecule is C1=CC([PH+](CC[PH+](c2ccccc2)c2ccccc2)c2ccccc2)=CCC1.[Au+].[Au+].[C-]#Cc1ccc2c(c1)sc1ccccc12.[C-]#Cc1ccc2c(c1)sc1ccccc12. The Morgan fingerprint density at radius 2 is 0.833 bits per heavy atom. The summed E-state index contributed by atoms with van der Waals surface area (Å²) in [5.74, 6) is 4.84. The Labute approximate surface area is 396 Å². The number of hydrogen-bond acceptors (Lipinski definition) is 2. The standard InChI is InChI=1S/C26H26P2.2C14H7S.2Au/c1-5-13-23(14-6-1)27(24-15-7-2-8-16-24)21-22-28(25-17-9-3-10-18-25)26-19-11-4-12-20-26;2*1-2-10-7-8-12-11-5-3-4-6-13(11)15-14(12)9-10;;/h1-3,5-11,13-20H,4,12,21-22H2;2*3-9H;;/q;2*-1;2*+1/p+2. The summed E-state index contributed by atoms with van der Waals surface area (Å²) in [7, 11) is -1.50. The monoisotopic (exact) mass is 1210 g/mol. The van der Waals surface area contributed by atoms with E-state index in [0.717, 1.165) is 11.1 Å². The molecule has 0 nitrogen and oxygen atoms in total. The van der Waals surface area contributed by atoms with Gasteiger partial charge in [0.25, 0.3) is 0 Å². The van der Waals surface area contributed by atoms with Gasteiger partial charge in [0.05, 0.1) is 37.1 Å². The van der Waals surface area contributed by atoms with Crippen LogP contribution >= 0.6 is 38.5 Å². The minimum absolute atomic E-state index is 0. The molecule has 1 atom stereocenters. The average molecular weight is 1210 g/mol. The van der Waals surface area contributed by atoms with Gasteiger partial charge in [0.15, 0.2) is 0 Å². The summed E-state index contributed by atoms with van der Waals surface area (Å²) < 4.78 is 5.06. The Kier molecular flexibility index (Phi) is 17.2. The molecule has 0 saturated heterocycles. The maximum Gasteiger partial charge on any atom is 1.00 e. The molecule has 1 unspecified atom stereocenters. The van der Waals surface area contributed by atoms with Crippen LogP contribution in [0.15, 0.2) is 199 Å². The fourth-order valence-electron chi connectivity index (χ4n) is 7.52. The summed E-state index contributed by atoms with van der Waals surface area (Å²) in [5.41, 5.74) is 1.68. The number of allylic oxidation sites excluding steroid dienone is 4. The first kappa shape index (κ1) is 45.4. The van der Waals surface area contributed by atoms with E-state index in [0.29, 0.717) is 0 Å². The van der Waals surface area contributed by atoms with Gasteiger partial charge in [-0.05, 0) is 84.3 Å². The number of hydrogen-bond donors (Lipinski definition) is 0. The molecular weight excluding hydrogens is 1170 g/mol. The van der Waals surface area contributed by atoms with Crippen LogP contribution in [-0.4, -0.2) is 12.3 Å². The second-order valence-corrected chi connectivity index (χ2v) is 21.5. The Bertz CT molecular complexity index is 2770. The van der Waals surface area contributed by atoms with E-state index in [4.69, 9.17) is 12.8 Å². The fraction of sp³-hybridized carbons (Fsp3) is 0.0741. The van der Waals surface area contributed by atoms with Crippen LogP contribution in [0.3, 0.4) is 0 Å². The van der Waals surface area contributed by atoms with E-state index in [9.17, 15) is 0 Å². The summed E-state index contributed by atoms with van der Waals surface area (Å²) in [5, 5.41) is 11.4. The van der Waals surface area contributed by atoms with Crippen molar-refractivity contribution >= 4 is 94.8 Å². The zero-order valence-corrected chi connectivity index (χ0v) is 40.7. The van der Waals surface area contributed by atoms with Crippen LogP contribution in [0.4, 0.5) is 0 Å². The van der Waals surface area contributed by atoms with Gasteiger partial charge in [0, 0.05) is 29.6 Å². The topological polar surface area (TPSA) is 0 Å². The Balaban J connectivity index is 0.000000160. The van der Waals surface area contributed by atoms with Crippen molar-refractivity contribution in [2.24, 2.45) is 0 Å². The Morgan fingerprint density at radius 3 is 1.27 bits per heavy atom. The van der Waals surface area contributed by atoms with Crippen molar-refractivity contribution in [3.63, 3.8) is 0 Å². The third kappa shape index (κ3) is 11.0. The van der Waals surface area contributed by atoms with E-state index in [1.54, 1.807) is 33.3 Å². The second-order valence-electron chi connectivity index (χ2n) is 14.1. The predicted octanol–water partition coefficient (Wildman–Crippen LogP) is 13.6. The van der Waals surface area contributed by atoms with E-state index in [1.807, 2.05) is 24.3 Å². The molecule has 300 valence electrons. The summed E-state index contributed by atoms with van der Waals surface area (Å²) in [6.07, 6.45) is 26.5. The van der Waals surface area contributed by atoms with Gasteiger partial charge in [-0.2, -0.15) is 0 Å². The van der Waals surface area contributed by atoms with Crippen molar-refractivity contribution in [1.29, 1.82) is 0 Å². The molecule has 0 saturated carbocycles. The molecule has 0 bridgehead atoms. The summed E-state index contributed by atoms with van der Waals surface area (Å²) in [6.45, 7) is 0. The molecule has 0 fully saturated rings. The minimum Gasteiger partial charge on any atom is -0.366 e. The normalized spacial score (nSPS) is 12.2. The van der Waals surface area contributed by atoms with Crippen LogP contribution in [0, 0.1) is 24.7 Å². The first-order valence-electron chi connectivity index (χ1n) is 19.6. The Hall–Kier alpha value is -4.08. The van der Waals surface area contributed by atoms with Crippen LogP contribution in [0.5, 0.6) is 0 Å². The van der Waals surface area contributed by atoms with Crippen molar-refractivity contribution in [2.45, 2.75) is 12.8 Å². The van der Waals surface area contributed by atoms with Crippen molar-refractivity contribution < 1.29 is 44.8 Å². The van der Waals surface area contributed by atoms with Gasteiger partial charge in [0.1, 0.15) is 12.3 Å². The molecule has 2 heterocycles. The van der Waals surface area contributed by atoms with Gasteiger partial charge in [0.2, 0.25) is 0 Å². The van der Waals surface area contributed by atoms with Crippen molar-refractivity contribution in [2.75, 3.05) is 12.3 Å². The zero-order chi connectivity index (χ0) is 39.5. The molecule has 10 rings (SSSR count). The molecule has 1 aliphatic rings. The summed E-state index contributed by atoms with van der Waals surface area (Å²) in [6, 6.07) is 62.4. The number of fused-ring (bicyclic) bond motifs is 6. The third-order valence-electron chi connectivity index (χ3n) is 10.4. The molecule has 7 aromatic carbocycles. The zero-order valence-electron chi connectivity index (χ0n) is 32.7. The van der Waals surface area contributed by atoms with Crippen molar-refractivity contribution in [1.82, 2.24) is 0 Å². The Morgan fingerprint density at radius 1 is 0.433 bits per heavy atom. The second kappa shape index (κ2) is 22.7. The molecule has 0 amide bonds. The van der Waals surface area contributed by atoms with Crippen molar-refractivity contribution in [3.05, 3.63) is 223 Å². The van der Waals surface area contributed by atoms with Crippen LogP contribution in [0.1, 0.15) is 24.0 Å². The van der Waals surface area contributed by atoms with Crippen LogP contribution < -0.4 is 15.9 Å². The summed E-state index contributed by atoms with van der Waals surface area (Å²) >= 11 is 3.54. The van der Waals surface area contributed by atoms with Gasteiger partial charge in [-0.3, -0.25) is 11.8 Å². The minimum atomic E-state index is -0.765. The largest absolute Gasteiger partial charge is 1.00 e. The van der Waals surface area contributed by atoms with Gasteiger partial charge in [-0.1, -0.05) is 109 Å². The summed E-state index contributed by atoms with van der Waals surface area (Å²) in [4.78, 5) is 0. The number of thiophene rings is 2. The van der Waals surface area contributed by atoms with Gasteiger partial charge in [-0.25, -0.2) is 0 Å². The molecule has 0 N–H and O–H groups in total. The molecule has 9 aromatic rings. The van der Waals surface area contributed by atoms with Crippen LogP contribution in [0.25, 0.3) is 40.3 Å². The first-order chi connectivity index (χ1) is 28.7. The molecule has 0 radical (unpaired) electrons.